The van der Waals surface area contributed by atoms with E-state index in [1.807, 2.05) is 0 Å². The summed E-state index contributed by atoms with van der Waals surface area (Å²) in [4.78, 5) is 35.3. The Morgan fingerprint density at radius 3 is 2.62 bits per heavy atom. The van der Waals surface area contributed by atoms with Crippen LogP contribution in [0.15, 0.2) is 0 Å². The highest BCUT2D eigenvalue weighted by molar-refractivity contribution is 7.17. The number of carboxylic acid groups (broad SMARTS) is 1. The quantitative estimate of drug-likeness (QED) is 0.772. The molecule has 0 atom stereocenters. The summed E-state index contributed by atoms with van der Waals surface area (Å²) in [6, 6.07) is 0. The number of anilines is 1. The third-order valence-electron chi connectivity index (χ3n) is 3.31. The van der Waals surface area contributed by atoms with Crippen molar-refractivity contribution in [1.82, 2.24) is 5.32 Å². The molecule has 0 saturated carbocycles. The van der Waals surface area contributed by atoms with Crippen LogP contribution in [0.2, 0.25) is 0 Å². The van der Waals surface area contributed by atoms with E-state index in [2.05, 4.69) is 10.6 Å². The number of fused-ring (bicyclic) bond motifs is 1. The Morgan fingerprint density at radius 2 is 1.95 bits per heavy atom. The second-order valence-electron chi connectivity index (χ2n) is 5.00. The number of hydrogen-bond donors (Lipinski definition) is 3. The van der Waals surface area contributed by atoms with Gasteiger partial charge in [-0.25, -0.2) is 0 Å². The van der Waals surface area contributed by atoms with Crippen LogP contribution in [0.4, 0.5) is 5.00 Å². The zero-order chi connectivity index (χ0) is 15.4. The highest BCUT2D eigenvalue weighted by atomic mass is 32.1. The van der Waals surface area contributed by atoms with Crippen LogP contribution in [-0.4, -0.2) is 29.4 Å². The van der Waals surface area contributed by atoms with E-state index in [0.717, 1.165) is 36.1 Å². The highest BCUT2D eigenvalue weighted by Gasteiger charge is 2.25. The molecule has 0 saturated heterocycles. The van der Waals surface area contributed by atoms with Crippen molar-refractivity contribution in [2.24, 2.45) is 0 Å². The number of carboxylic acids is 1. The van der Waals surface area contributed by atoms with E-state index < -0.39 is 5.97 Å². The Hall–Kier alpha value is -1.89. The van der Waals surface area contributed by atoms with Crippen LogP contribution < -0.4 is 10.6 Å². The zero-order valence-electron chi connectivity index (χ0n) is 11.8. The molecule has 0 unspecified atom stereocenters. The predicted octanol–water partition coefficient (Wildman–Crippen LogP) is 1.79. The van der Waals surface area contributed by atoms with Gasteiger partial charge in [0.25, 0.3) is 5.91 Å². The van der Waals surface area contributed by atoms with E-state index in [0.29, 0.717) is 10.6 Å². The van der Waals surface area contributed by atoms with E-state index >= 15 is 0 Å². The SMILES string of the molecule is CC(=O)Nc1sc2c(c1C(=O)NCCC(=O)O)CCCC2. The van der Waals surface area contributed by atoms with Crippen LogP contribution in [0, 0.1) is 0 Å². The summed E-state index contributed by atoms with van der Waals surface area (Å²) in [5, 5.41) is 14.5. The van der Waals surface area contributed by atoms with Crippen molar-refractivity contribution >= 4 is 34.1 Å². The van der Waals surface area contributed by atoms with Gasteiger partial charge >= 0.3 is 5.97 Å². The Kier molecular flexibility index (Phi) is 4.95. The number of nitrogens with one attached hydrogen (secondary N) is 2. The summed E-state index contributed by atoms with van der Waals surface area (Å²) >= 11 is 1.45. The molecular weight excluding hydrogens is 292 g/mol. The number of rotatable bonds is 5. The fourth-order valence-electron chi connectivity index (χ4n) is 2.43. The largest absolute Gasteiger partial charge is 0.481 e. The fraction of sp³-hybridized carbons (Fsp3) is 0.500. The van der Waals surface area contributed by atoms with Gasteiger partial charge in [-0.05, 0) is 31.2 Å². The molecule has 21 heavy (non-hydrogen) atoms. The Labute approximate surface area is 126 Å². The summed E-state index contributed by atoms with van der Waals surface area (Å²) < 4.78 is 0. The first-order valence-electron chi connectivity index (χ1n) is 6.91. The molecule has 7 heteroatoms. The number of hydrogen-bond acceptors (Lipinski definition) is 4. The molecule has 3 N–H and O–H groups in total. The average Bonchev–Trinajstić information content (AvgIpc) is 2.74. The minimum absolute atomic E-state index is 0.0816. The smallest absolute Gasteiger partial charge is 0.305 e. The molecule has 6 nitrogen and oxygen atoms in total. The number of aliphatic carboxylic acids is 1. The van der Waals surface area contributed by atoms with Gasteiger partial charge in [-0.2, -0.15) is 0 Å². The lowest BCUT2D eigenvalue weighted by Gasteiger charge is -2.13. The molecule has 0 aromatic carbocycles. The van der Waals surface area contributed by atoms with E-state index in [-0.39, 0.29) is 24.8 Å². The summed E-state index contributed by atoms with van der Waals surface area (Å²) in [6.45, 7) is 1.49. The van der Waals surface area contributed by atoms with Crippen LogP contribution in [0.3, 0.4) is 0 Å². The van der Waals surface area contributed by atoms with Crippen LogP contribution in [0.25, 0.3) is 0 Å². The molecule has 2 rings (SSSR count). The highest BCUT2D eigenvalue weighted by Crippen LogP contribution is 2.38. The fourth-order valence-corrected chi connectivity index (χ4v) is 3.76. The molecule has 0 bridgehead atoms. The third kappa shape index (κ3) is 3.81. The summed E-state index contributed by atoms with van der Waals surface area (Å²) in [6.07, 6.45) is 3.75. The second-order valence-corrected chi connectivity index (χ2v) is 6.10. The van der Waals surface area contributed by atoms with Gasteiger partial charge in [-0.15, -0.1) is 11.3 Å². The van der Waals surface area contributed by atoms with Crippen molar-refractivity contribution in [2.75, 3.05) is 11.9 Å². The first-order chi connectivity index (χ1) is 9.99. The molecular formula is C14H18N2O4S. The molecule has 114 valence electrons. The minimum Gasteiger partial charge on any atom is -0.481 e. The maximum absolute atomic E-state index is 12.3. The van der Waals surface area contributed by atoms with E-state index in [1.54, 1.807) is 0 Å². The molecule has 1 aromatic rings. The molecule has 1 aliphatic rings. The summed E-state index contributed by atoms with van der Waals surface area (Å²) in [5.41, 5.74) is 1.51. The maximum atomic E-state index is 12.3. The van der Waals surface area contributed by atoms with Gasteiger partial charge in [0.05, 0.1) is 12.0 Å². The number of carbonyl (C=O) groups is 3. The zero-order valence-corrected chi connectivity index (χ0v) is 12.6. The molecule has 1 aliphatic carbocycles. The van der Waals surface area contributed by atoms with E-state index in [1.165, 1.54) is 18.3 Å². The van der Waals surface area contributed by atoms with Crippen LogP contribution >= 0.6 is 11.3 Å². The van der Waals surface area contributed by atoms with Crippen molar-refractivity contribution in [3.63, 3.8) is 0 Å². The first kappa shape index (κ1) is 15.5. The molecule has 0 aliphatic heterocycles. The minimum atomic E-state index is -0.954. The molecule has 0 spiro atoms. The Balaban J connectivity index is 2.22. The van der Waals surface area contributed by atoms with Gasteiger partial charge in [-0.1, -0.05) is 0 Å². The van der Waals surface area contributed by atoms with Gasteiger partial charge in [0.1, 0.15) is 5.00 Å². The van der Waals surface area contributed by atoms with Gasteiger partial charge in [0.2, 0.25) is 5.91 Å². The van der Waals surface area contributed by atoms with Crippen molar-refractivity contribution in [1.29, 1.82) is 0 Å². The molecule has 1 heterocycles. The summed E-state index contributed by atoms with van der Waals surface area (Å²) in [7, 11) is 0. The number of carbonyl (C=O) groups excluding carboxylic acids is 2. The molecule has 0 fully saturated rings. The third-order valence-corrected chi connectivity index (χ3v) is 4.52. The standard InChI is InChI=1S/C14H18N2O4S/c1-8(17)16-14-12(13(20)15-7-6-11(18)19)9-4-2-3-5-10(9)21-14/h2-7H2,1H3,(H,15,20)(H,16,17)(H,18,19). The van der Waals surface area contributed by atoms with E-state index in [9.17, 15) is 14.4 Å². The monoisotopic (exact) mass is 310 g/mol. The Morgan fingerprint density at radius 1 is 1.24 bits per heavy atom. The second kappa shape index (κ2) is 6.71. The molecule has 2 amide bonds. The average molecular weight is 310 g/mol. The van der Waals surface area contributed by atoms with Gasteiger partial charge < -0.3 is 15.7 Å². The van der Waals surface area contributed by atoms with Gasteiger partial charge in [-0.3, -0.25) is 14.4 Å². The number of amides is 2. The van der Waals surface area contributed by atoms with Crippen molar-refractivity contribution in [3.8, 4) is 0 Å². The molecule has 0 radical (unpaired) electrons. The van der Waals surface area contributed by atoms with Crippen LogP contribution in [0.1, 0.15) is 47.0 Å². The van der Waals surface area contributed by atoms with Crippen molar-refractivity contribution in [2.45, 2.75) is 39.0 Å². The number of aryl methyl sites for hydroxylation is 1. The van der Waals surface area contributed by atoms with Gasteiger partial charge in [0, 0.05) is 18.3 Å². The topological polar surface area (TPSA) is 95.5 Å². The lowest BCUT2D eigenvalue weighted by molar-refractivity contribution is -0.136. The van der Waals surface area contributed by atoms with Crippen molar-refractivity contribution in [3.05, 3.63) is 16.0 Å². The lowest BCUT2D eigenvalue weighted by Crippen LogP contribution is -2.27. The van der Waals surface area contributed by atoms with Gasteiger partial charge in [0.15, 0.2) is 0 Å². The normalized spacial score (nSPS) is 13.4. The maximum Gasteiger partial charge on any atom is 0.305 e. The van der Waals surface area contributed by atoms with Crippen LogP contribution in [-0.2, 0) is 22.4 Å². The predicted molar refractivity (Wildman–Crippen MR) is 79.9 cm³/mol. The molecule has 1 aromatic heterocycles. The summed E-state index contributed by atoms with van der Waals surface area (Å²) in [5.74, 6) is -1.47. The van der Waals surface area contributed by atoms with Crippen molar-refractivity contribution < 1.29 is 19.5 Å². The van der Waals surface area contributed by atoms with E-state index in [4.69, 9.17) is 5.11 Å². The first-order valence-corrected chi connectivity index (χ1v) is 7.72. The van der Waals surface area contributed by atoms with Crippen LogP contribution in [0.5, 0.6) is 0 Å². The lowest BCUT2D eigenvalue weighted by atomic mass is 9.95. The number of thiophene rings is 1. The Bertz CT molecular complexity index is 580.